The molecule has 0 unspecified atom stereocenters. The lowest BCUT2D eigenvalue weighted by Gasteiger charge is -2.18. The topological polar surface area (TPSA) is 42.9 Å². The second kappa shape index (κ2) is 7.61. The van der Waals surface area contributed by atoms with E-state index in [0.717, 1.165) is 27.9 Å². The molecular weight excluding hydrogens is 356 g/mol. The molecule has 0 radical (unpaired) electrons. The van der Waals surface area contributed by atoms with Crippen LogP contribution in [-0.2, 0) is 0 Å². The van der Waals surface area contributed by atoms with E-state index >= 15 is 0 Å². The summed E-state index contributed by atoms with van der Waals surface area (Å²) in [5, 5.41) is 0.686. The Balaban J connectivity index is 2.15. The molecule has 4 heteroatoms. The minimum Gasteiger partial charge on any atom is -0.294 e. The van der Waals surface area contributed by atoms with Crippen molar-refractivity contribution in [1.82, 2.24) is 9.97 Å². The van der Waals surface area contributed by atoms with E-state index in [2.05, 4.69) is 36.8 Å². The Morgan fingerprint density at radius 1 is 1.00 bits per heavy atom. The van der Waals surface area contributed by atoms with E-state index in [1.807, 2.05) is 43.3 Å². The van der Waals surface area contributed by atoms with Crippen molar-refractivity contribution in [2.75, 3.05) is 0 Å². The van der Waals surface area contributed by atoms with Crippen LogP contribution in [0.5, 0.6) is 0 Å². The van der Waals surface area contributed by atoms with Gasteiger partial charge in [-0.1, -0.05) is 44.5 Å². The van der Waals surface area contributed by atoms with Gasteiger partial charge < -0.3 is 0 Å². The fraction of sp³-hybridized carbons (Fsp3) is 0.261. The maximum Gasteiger partial charge on any atom is 0.163 e. The van der Waals surface area contributed by atoms with Crippen LogP contribution in [0.3, 0.4) is 0 Å². The summed E-state index contributed by atoms with van der Waals surface area (Å²) in [5.74, 6) is 0.133. The number of ketones is 1. The molecule has 3 rings (SSSR count). The van der Waals surface area contributed by atoms with Crippen LogP contribution in [0, 0.1) is 12.3 Å². The van der Waals surface area contributed by atoms with Crippen LogP contribution in [0.2, 0.25) is 5.02 Å². The first-order chi connectivity index (χ1) is 12.7. The highest BCUT2D eigenvalue weighted by atomic mass is 35.5. The van der Waals surface area contributed by atoms with Crippen molar-refractivity contribution in [2.45, 2.75) is 34.1 Å². The van der Waals surface area contributed by atoms with Crippen LogP contribution in [-0.4, -0.2) is 15.8 Å². The zero-order valence-corrected chi connectivity index (χ0v) is 16.8. The Morgan fingerprint density at radius 3 is 2.30 bits per heavy atom. The van der Waals surface area contributed by atoms with E-state index in [1.54, 1.807) is 6.20 Å². The first-order valence-electron chi connectivity index (χ1n) is 8.94. The summed E-state index contributed by atoms with van der Waals surface area (Å²) in [6, 6.07) is 13.6. The van der Waals surface area contributed by atoms with Gasteiger partial charge in [-0.3, -0.25) is 4.79 Å². The maximum absolute atomic E-state index is 12.9. The quantitative estimate of drug-likeness (QED) is 0.494. The molecule has 0 N–H and O–H groups in total. The molecule has 0 aliphatic rings. The largest absolute Gasteiger partial charge is 0.294 e. The van der Waals surface area contributed by atoms with Crippen molar-refractivity contribution in [1.29, 1.82) is 0 Å². The molecule has 3 aromatic rings. The second-order valence-electron chi connectivity index (χ2n) is 7.99. The predicted molar refractivity (Wildman–Crippen MR) is 111 cm³/mol. The SMILES string of the molecule is Cc1ncncc1-c1cc(C(=O)CC(C)(C)C)cc(-c2ccc(Cl)cc2)c1. The summed E-state index contributed by atoms with van der Waals surface area (Å²) < 4.78 is 0. The Bertz CT molecular complexity index is 972. The molecule has 2 aromatic carbocycles. The van der Waals surface area contributed by atoms with Gasteiger partial charge in [-0.2, -0.15) is 0 Å². The number of benzene rings is 2. The summed E-state index contributed by atoms with van der Waals surface area (Å²) in [5.41, 5.74) is 5.38. The van der Waals surface area contributed by atoms with Crippen molar-refractivity contribution < 1.29 is 4.79 Å². The molecule has 3 nitrogen and oxygen atoms in total. The van der Waals surface area contributed by atoms with Crippen molar-refractivity contribution in [2.24, 2.45) is 5.41 Å². The smallest absolute Gasteiger partial charge is 0.163 e. The van der Waals surface area contributed by atoms with Crippen molar-refractivity contribution in [3.63, 3.8) is 0 Å². The number of halogens is 1. The zero-order valence-electron chi connectivity index (χ0n) is 16.1. The van der Waals surface area contributed by atoms with Gasteiger partial charge in [0.15, 0.2) is 5.78 Å². The molecule has 1 aromatic heterocycles. The van der Waals surface area contributed by atoms with E-state index < -0.39 is 0 Å². The normalized spacial score (nSPS) is 11.4. The number of aromatic nitrogens is 2. The van der Waals surface area contributed by atoms with Crippen LogP contribution in [0.15, 0.2) is 55.0 Å². The standard InChI is InChI=1S/C23H23ClN2O/c1-15-21(13-25-14-26-15)18-9-17(16-5-7-20(24)8-6-16)10-19(11-18)22(27)12-23(2,3)4/h5-11,13-14H,12H2,1-4H3. The van der Waals surface area contributed by atoms with Crippen LogP contribution in [0.25, 0.3) is 22.3 Å². The van der Waals surface area contributed by atoms with E-state index in [4.69, 9.17) is 11.6 Å². The summed E-state index contributed by atoms with van der Waals surface area (Å²) >= 11 is 6.03. The molecule has 0 aliphatic heterocycles. The third-order valence-electron chi connectivity index (χ3n) is 4.35. The van der Waals surface area contributed by atoms with Gasteiger partial charge in [-0.15, -0.1) is 0 Å². The van der Waals surface area contributed by atoms with Crippen LogP contribution in [0.1, 0.15) is 43.2 Å². The molecular formula is C23H23ClN2O. The first kappa shape index (κ1) is 19.2. The lowest BCUT2D eigenvalue weighted by atomic mass is 9.86. The number of carbonyl (C=O) groups excluding carboxylic acids is 1. The highest BCUT2D eigenvalue weighted by Gasteiger charge is 2.19. The summed E-state index contributed by atoms with van der Waals surface area (Å²) in [7, 11) is 0. The lowest BCUT2D eigenvalue weighted by molar-refractivity contribution is 0.0940. The second-order valence-corrected chi connectivity index (χ2v) is 8.42. The highest BCUT2D eigenvalue weighted by Crippen LogP contribution is 2.31. The highest BCUT2D eigenvalue weighted by molar-refractivity contribution is 6.30. The average molecular weight is 379 g/mol. The first-order valence-corrected chi connectivity index (χ1v) is 9.32. The molecule has 1 heterocycles. The number of aryl methyl sites for hydroxylation is 1. The minimum atomic E-state index is -0.0701. The van der Waals surface area contributed by atoms with Gasteiger partial charge in [0.2, 0.25) is 0 Å². The summed E-state index contributed by atoms with van der Waals surface area (Å²) in [6.45, 7) is 8.17. The molecule has 0 atom stereocenters. The maximum atomic E-state index is 12.9. The van der Waals surface area contributed by atoms with Gasteiger partial charge in [0, 0.05) is 34.5 Å². The van der Waals surface area contributed by atoms with E-state index in [-0.39, 0.29) is 11.2 Å². The number of nitrogens with zero attached hydrogens (tertiary/aromatic N) is 2. The fourth-order valence-corrected chi connectivity index (χ4v) is 3.14. The Labute approximate surface area is 165 Å². The molecule has 0 spiro atoms. The minimum absolute atomic E-state index is 0.0701. The molecule has 27 heavy (non-hydrogen) atoms. The Hall–Kier alpha value is -2.52. The van der Waals surface area contributed by atoms with Crippen LogP contribution in [0.4, 0.5) is 0 Å². The molecule has 0 bridgehead atoms. The number of carbonyl (C=O) groups is 1. The van der Waals surface area contributed by atoms with Gasteiger partial charge in [0.25, 0.3) is 0 Å². The fourth-order valence-electron chi connectivity index (χ4n) is 3.01. The third-order valence-corrected chi connectivity index (χ3v) is 4.60. The number of hydrogen-bond donors (Lipinski definition) is 0. The van der Waals surface area contributed by atoms with Crippen LogP contribution < -0.4 is 0 Å². The molecule has 0 fully saturated rings. The van der Waals surface area contributed by atoms with Crippen molar-refractivity contribution >= 4 is 17.4 Å². The molecule has 0 saturated heterocycles. The monoisotopic (exact) mass is 378 g/mol. The van der Waals surface area contributed by atoms with E-state index in [9.17, 15) is 4.79 Å². The summed E-state index contributed by atoms with van der Waals surface area (Å²) in [4.78, 5) is 21.4. The molecule has 0 aliphatic carbocycles. The predicted octanol–water partition coefficient (Wildman–Crippen LogP) is 6.39. The molecule has 138 valence electrons. The summed E-state index contributed by atoms with van der Waals surface area (Å²) in [6.07, 6.45) is 3.82. The van der Waals surface area contributed by atoms with Crippen molar-refractivity contribution in [3.05, 3.63) is 71.3 Å². The van der Waals surface area contributed by atoms with Gasteiger partial charge >= 0.3 is 0 Å². The zero-order chi connectivity index (χ0) is 19.6. The Kier molecular flexibility index (Phi) is 5.43. The van der Waals surface area contributed by atoms with Gasteiger partial charge in [-0.25, -0.2) is 9.97 Å². The number of rotatable bonds is 4. The van der Waals surface area contributed by atoms with Gasteiger partial charge in [0.05, 0.1) is 0 Å². The van der Waals surface area contributed by atoms with Gasteiger partial charge in [-0.05, 0) is 59.4 Å². The number of hydrogen-bond acceptors (Lipinski definition) is 3. The van der Waals surface area contributed by atoms with E-state index in [1.165, 1.54) is 6.33 Å². The third kappa shape index (κ3) is 4.81. The lowest BCUT2D eigenvalue weighted by Crippen LogP contribution is -2.13. The molecule has 0 amide bonds. The Morgan fingerprint density at radius 2 is 1.67 bits per heavy atom. The van der Waals surface area contributed by atoms with Gasteiger partial charge in [0.1, 0.15) is 6.33 Å². The van der Waals surface area contributed by atoms with Crippen LogP contribution >= 0.6 is 11.6 Å². The van der Waals surface area contributed by atoms with E-state index in [0.29, 0.717) is 17.0 Å². The molecule has 0 saturated carbocycles. The average Bonchev–Trinajstić information content (AvgIpc) is 2.61. The number of Topliss-reactive ketones (excluding diaryl/α,β-unsaturated/α-hetero) is 1. The van der Waals surface area contributed by atoms with Crippen molar-refractivity contribution in [3.8, 4) is 22.3 Å².